The average molecular weight is 305 g/mol. The smallest absolute Gasteiger partial charge is 0.187 e. The third kappa shape index (κ3) is 4.03. The summed E-state index contributed by atoms with van der Waals surface area (Å²) in [6.07, 6.45) is 4.08. The zero-order chi connectivity index (χ0) is 15.2. The molecule has 2 heterocycles. The minimum atomic E-state index is 0.239. The number of nitrogens with one attached hydrogen (secondary N) is 2. The van der Waals surface area contributed by atoms with Crippen molar-refractivity contribution in [2.75, 3.05) is 13.2 Å². The SMILES string of the molecule is Cc1c(/C=N\NC(=S)NC[C@H]2CCCO2)cc(C#N)n1C. The van der Waals surface area contributed by atoms with E-state index in [2.05, 4.69) is 21.9 Å². The van der Waals surface area contributed by atoms with E-state index in [4.69, 9.17) is 22.2 Å². The molecule has 1 aromatic heterocycles. The van der Waals surface area contributed by atoms with E-state index < -0.39 is 0 Å². The van der Waals surface area contributed by atoms with E-state index in [9.17, 15) is 0 Å². The topological polar surface area (TPSA) is 74.4 Å². The standard InChI is InChI=1S/C14H19N5OS/c1-10-11(6-12(7-15)19(10)2)8-17-18-14(21)16-9-13-4-3-5-20-13/h6,8,13H,3-5,9H2,1-2H3,(H2,16,18,21)/b17-8-/t13-/m1/s1. The molecule has 1 aromatic rings. The summed E-state index contributed by atoms with van der Waals surface area (Å²) in [6, 6.07) is 3.93. The second-order valence-electron chi connectivity index (χ2n) is 4.96. The lowest BCUT2D eigenvalue weighted by molar-refractivity contribution is 0.114. The number of thiocarbonyl (C=S) groups is 1. The lowest BCUT2D eigenvalue weighted by Crippen LogP contribution is -2.37. The normalized spacial score (nSPS) is 17.9. The van der Waals surface area contributed by atoms with Gasteiger partial charge < -0.3 is 14.6 Å². The van der Waals surface area contributed by atoms with Gasteiger partial charge in [0.2, 0.25) is 0 Å². The van der Waals surface area contributed by atoms with Crippen LogP contribution < -0.4 is 10.7 Å². The van der Waals surface area contributed by atoms with Crippen LogP contribution in [0.5, 0.6) is 0 Å². The Bertz CT molecular complexity index is 581. The van der Waals surface area contributed by atoms with Gasteiger partial charge in [-0.2, -0.15) is 10.4 Å². The number of ether oxygens (including phenoxy) is 1. The number of nitrogens with zero attached hydrogens (tertiary/aromatic N) is 3. The molecule has 0 radical (unpaired) electrons. The van der Waals surface area contributed by atoms with Gasteiger partial charge in [0.05, 0.1) is 12.3 Å². The summed E-state index contributed by atoms with van der Waals surface area (Å²) >= 11 is 5.14. The van der Waals surface area contributed by atoms with Crippen LogP contribution in [0.2, 0.25) is 0 Å². The Morgan fingerprint density at radius 3 is 3.14 bits per heavy atom. The van der Waals surface area contributed by atoms with Gasteiger partial charge in [-0.25, -0.2) is 0 Å². The van der Waals surface area contributed by atoms with Gasteiger partial charge in [-0.1, -0.05) is 0 Å². The molecule has 0 spiro atoms. The average Bonchev–Trinajstić information content (AvgIpc) is 3.08. The number of nitriles is 1. The molecule has 0 bridgehead atoms. The van der Waals surface area contributed by atoms with Crippen molar-refractivity contribution in [1.29, 1.82) is 5.26 Å². The van der Waals surface area contributed by atoms with E-state index in [1.165, 1.54) is 0 Å². The summed E-state index contributed by atoms with van der Waals surface area (Å²) in [5.74, 6) is 0. The maximum absolute atomic E-state index is 8.97. The van der Waals surface area contributed by atoms with Crippen LogP contribution in [0, 0.1) is 18.3 Å². The van der Waals surface area contributed by atoms with Gasteiger partial charge in [0.15, 0.2) is 5.11 Å². The van der Waals surface area contributed by atoms with Gasteiger partial charge in [0, 0.05) is 31.5 Å². The van der Waals surface area contributed by atoms with Crippen LogP contribution in [0.4, 0.5) is 0 Å². The highest BCUT2D eigenvalue weighted by molar-refractivity contribution is 7.80. The molecule has 0 aromatic carbocycles. The highest BCUT2D eigenvalue weighted by Gasteiger charge is 2.15. The third-order valence-corrected chi connectivity index (χ3v) is 3.81. The van der Waals surface area contributed by atoms with Gasteiger partial charge in [-0.15, -0.1) is 0 Å². The largest absolute Gasteiger partial charge is 0.376 e. The number of aromatic nitrogens is 1. The number of hydrogen-bond donors (Lipinski definition) is 2. The van der Waals surface area contributed by atoms with E-state index >= 15 is 0 Å². The van der Waals surface area contributed by atoms with Crippen molar-refractivity contribution in [3.05, 3.63) is 23.0 Å². The summed E-state index contributed by atoms with van der Waals surface area (Å²) in [6.45, 7) is 3.47. The van der Waals surface area contributed by atoms with Crippen LogP contribution >= 0.6 is 12.2 Å². The Hall–Kier alpha value is -1.91. The van der Waals surface area contributed by atoms with Gasteiger partial charge in [-0.05, 0) is 38.0 Å². The predicted octanol–water partition coefficient (Wildman–Crippen LogP) is 1.18. The molecule has 112 valence electrons. The molecule has 6 nitrogen and oxygen atoms in total. The number of hydrogen-bond acceptors (Lipinski definition) is 4. The third-order valence-electron chi connectivity index (χ3n) is 3.57. The molecule has 21 heavy (non-hydrogen) atoms. The quantitative estimate of drug-likeness (QED) is 0.496. The summed E-state index contributed by atoms with van der Waals surface area (Å²) < 4.78 is 7.33. The first-order valence-corrected chi connectivity index (χ1v) is 7.27. The predicted molar refractivity (Wildman–Crippen MR) is 85.2 cm³/mol. The number of rotatable bonds is 4. The molecule has 1 aliphatic heterocycles. The maximum Gasteiger partial charge on any atom is 0.187 e. The van der Waals surface area contributed by atoms with Crippen molar-refractivity contribution in [3.8, 4) is 6.07 Å². The van der Waals surface area contributed by atoms with E-state index in [1.807, 2.05) is 18.5 Å². The second kappa shape index (κ2) is 7.20. The molecule has 1 saturated heterocycles. The fraction of sp³-hybridized carbons (Fsp3) is 0.500. The highest BCUT2D eigenvalue weighted by atomic mass is 32.1. The van der Waals surface area contributed by atoms with Crippen LogP contribution in [0.3, 0.4) is 0 Å². The van der Waals surface area contributed by atoms with E-state index in [0.29, 0.717) is 17.4 Å². The molecule has 2 rings (SSSR count). The van der Waals surface area contributed by atoms with Gasteiger partial charge >= 0.3 is 0 Å². The maximum atomic E-state index is 8.97. The van der Waals surface area contributed by atoms with Crippen molar-refractivity contribution in [2.45, 2.75) is 25.9 Å². The Morgan fingerprint density at radius 1 is 1.71 bits per heavy atom. The highest BCUT2D eigenvalue weighted by Crippen LogP contribution is 2.11. The first-order chi connectivity index (χ1) is 10.1. The first kappa shape index (κ1) is 15.5. The Labute approximate surface area is 129 Å². The lowest BCUT2D eigenvalue weighted by atomic mass is 10.2. The molecular weight excluding hydrogens is 286 g/mol. The molecule has 1 atom stereocenters. The van der Waals surface area contributed by atoms with Crippen molar-refractivity contribution in [1.82, 2.24) is 15.3 Å². The molecule has 7 heteroatoms. The molecule has 2 N–H and O–H groups in total. The van der Waals surface area contributed by atoms with E-state index in [-0.39, 0.29) is 6.10 Å². The van der Waals surface area contributed by atoms with Crippen LogP contribution in [-0.4, -0.2) is 35.1 Å². The van der Waals surface area contributed by atoms with Crippen LogP contribution in [0.15, 0.2) is 11.2 Å². The molecule has 0 unspecified atom stereocenters. The zero-order valence-corrected chi connectivity index (χ0v) is 13.0. The van der Waals surface area contributed by atoms with E-state index in [1.54, 1.807) is 12.3 Å². The van der Waals surface area contributed by atoms with Crippen LogP contribution in [0.1, 0.15) is 29.8 Å². The van der Waals surface area contributed by atoms with Gasteiger partial charge in [-0.3, -0.25) is 5.43 Å². The molecular formula is C14H19N5OS. The zero-order valence-electron chi connectivity index (χ0n) is 12.2. The summed E-state index contributed by atoms with van der Waals surface area (Å²) in [4.78, 5) is 0. The van der Waals surface area contributed by atoms with Crippen molar-refractivity contribution in [3.63, 3.8) is 0 Å². The summed E-state index contributed by atoms with van der Waals surface area (Å²) in [7, 11) is 1.85. The molecule has 0 amide bonds. The molecule has 0 aliphatic carbocycles. The Balaban J connectivity index is 1.81. The molecule has 1 aliphatic rings. The lowest BCUT2D eigenvalue weighted by Gasteiger charge is -2.11. The minimum absolute atomic E-state index is 0.239. The van der Waals surface area contributed by atoms with Gasteiger partial charge in [0.1, 0.15) is 11.8 Å². The number of hydrazone groups is 1. The van der Waals surface area contributed by atoms with Gasteiger partial charge in [0.25, 0.3) is 0 Å². The minimum Gasteiger partial charge on any atom is -0.376 e. The van der Waals surface area contributed by atoms with Crippen molar-refractivity contribution < 1.29 is 4.74 Å². The summed E-state index contributed by atoms with van der Waals surface area (Å²) in [5.41, 5.74) is 5.25. The summed E-state index contributed by atoms with van der Waals surface area (Å²) in [5, 5.41) is 16.6. The van der Waals surface area contributed by atoms with E-state index in [0.717, 1.165) is 30.7 Å². The monoisotopic (exact) mass is 305 g/mol. The van der Waals surface area contributed by atoms with Crippen LogP contribution in [-0.2, 0) is 11.8 Å². The Kier molecular flexibility index (Phi) is 5.31. The molecule has 0 saturated carbocycles. The first-order valence-electron chi connectivity index (χ1n) is 6.86. The fourth-order valence-corrected chi connectivity index (χ4v) is 2.31. The van der Waals surface area contributed by atoms with Crippen LogP contribution in [0.25, 0.3) is 0 Å². The second-order valence-corrected chi connectivity index (χ2v) is 5.36. The molecule has 1 fully saturated rings. The van der Waals surface area contributed by atoms with Crippen molar-refractivity contribution >= 4 is 23.5 Å². The van der Waals surface area contributed by atoms with Crippen molar-refractivity contribution in [2.24, 2.45) is 12.1 Å². The Morgan fingerprint density at radius 2 is 2.52 bits per heavy atom. The fourth-order valence-electron chi connectivity index (χ4n) is 2.17.